The first-order valence-corrected chi connectivity index (χ1v) is 7.16. The molecule has 0 aromatic carbocycles. The molecule has 0 aliphatic rings. The molecule has 0 aromatic heterocycles. The Hall–Kier alpha value is -0.910. The second-order valence-corrected chi connectivity index (χ2v) is 4.84. The molecule has 0 radical (unpaired) electrons. The van der Waals surface area contributed by atoms with E-state index in [1.54, 1.807) is 11.8 Å². The van der Waals surface area contributed by atoms with Crippen molar-refractivity contribution in [3.8, 4) is 0 Å². The molecule has 0 saturated carbocycles. The first kappa shape index (κ1) is 16.1. The molecule has 0 aromatic rings. The number of hydrogen-bond donors (Lipinski definition) is 2. The summed E-state index contributed by atoms with van der Waals surface area (Å²) in [5.74, 6) is 0.120. The molecule has 5 nitrogen and oxygen atoms in total. The molecule has 0 aliphatic carbocycles. The highest BCUT2D eigenvalue weighted by Gasteiger charge is 2.14. The Balaban J connectivity index is 4.02. The molecule has 1 unspecified atom stereocenters. The third-order valence-corrected chi connectivity index (χ3v) is 3.03. The van der Waals surface area contributed by atoms with E-state index >= 15 is 0 Å². The van der Waals surface area contributed by atoms with Crippen LogP contribution in [-0.4, -0.2) is 53.1 Å². The molecule has 6 heteroatoms. The highest BCUT2D eigenvalue weighted by Crippen LogP contribution is 2.01. The summed E-state index contributed by atoms with van der Waals surface area (Å²) >= 11 is 1.74. The van der Waals surface area contributed by atoms with Gasteiger partial charge in [-0.3, -0.25) is 4.79 Å². The molecule has 100 valence electrons. The van der Waals surface area contributed by atoms with Gasteiger partial charge in [-0.2, -0.15) is 11.8 Å². The second kappa shape index (κ2) is 9.15. The standard InChI is InChI=1S/C11H22N2O3S/c1-4-13(7-5-10(14)15)11(16)12-9(2)6-8-17-3/h9H,4-8H2,1-3H3,(H,12,16)(H,14,15). The highest BCUT2D eigenvalue weighted by atomic mass is 32.2. The van der Waals surface area contributed by atoms with Gasteiger partial charge in [-0.15, -0.1) is 0 Å². The van der Waals surface area contributed by atoms with Crippen LogP contribution in [0.4, 0.5) is 4.79 Å². The van der Waals surface area contributed by atoms with Gasteiger partial charge in [-0.05, 0) is 32.3 Å². The molecule has 0 bridgehead atoms. The van der Waals surface area contributed by atoms with Crippen molar-refractivity contribution in [2.24, 2.45) is 0 Å². The summed E-state index contributed by atoms with van der Waals surface area (Å²) in [5.41, 5.74) is 0. The lowest BCUT2D eigenvalue weighted by atomic mass is 10.2. The van der Waals surface area contributed by atoms with E-state index in [0.717, 1.165) is 12.2 Å². The van der Waals surface area contributed by atoms with Gasteiger partial charge in [-0.25, -0.2) is 4.79 Å². The van der Waals surface area contributed by atoms with E-state index in [9.17, 15) is 9.59 Å². The van der Waals surface area contributed by atoms with Crippen LogP contribution >= 0.6 is 11.8 Å². The average molecular weight is 262 g/mol. The fraction of sp³-hybridized carbons (Fsp3) is 0.818. The quantitative estimate of drug-likeness (QED) is 0.697. The number of hydrogen-bond acceptors (Lipinski definition) is 3. The van der Waals surface area contributed by atoms with Crippen molar-refractivity contribution < 1.29 is 14.7 Å². The summed E-state index contributed by atoms with van der Waals surface area (Å²) in [6.07, 6.45) is 2.93. The summed E-state index contributed by atoms with van der Waals surface area (Å²) in [4.78, 5) is 23.7. The SMILES string of the molecule is CCN(CCC(=O)O)C(=O)NC(C)CCSC. The van der Waals surface area contributed by atoms with Crippen LogP contribution in [0.25, 0.3) is 0 Å². The van der Waals surface area contributed by atoms with E-state index in [1.165, 1.54) is 4.90 Å². The Morgan fingerprint density at radius 1 is 1.47 bits per heavy atom. The maximum Gasteiger partial charge on any atom is 0.317 e. The molecule has 1 atom stereocenters. The number of carboxylic acid groups (broad SMARTS) is 1. The molecule has 2 amide bonds. The van der Waals surface area contributed by atoms with Crippen molar-refractivity contribution in [1.29, 1.82) is 0 Å². The number of carbonyl (C=O) groups is 2. The smallest absolute Gasteiger partial charge is 0.317 e. The number of carboxylic acids is 1. The lowest BCUT2D eigenvalue weighted by Gasteiger charge is -2.23. The normalized spacial score (nSPS) is 11.9. The summed E-state index contributed by atoms with van der Waals surface area (Å²) < 4.78 is 0. The lowest BCUT2D eigenvalue weighted by Crippen LogP contribution is -2.44. The van der Waals surface area contributed by atoms with Gasteiger partial charge in [0.2, 0.25) is 0 Å². The summed E-state index contributed by atoms with van der Waals surface area (Å²) in [6, 6.07) is -0.0591. The van der Waals surface area contributed by atoms with E-state index in [4.69, 9.17) is 5.11 Å². The second-order valence-electron chi connectivity index (χ2n) is 3.86. The third-order valence-electron chi connectivity index (χ3n) is 2.39. The Kier molecular flexibility index (Phi) is 8.66. The van der Waals surface area contributed by atoms with E-state index < -0.39 is 5.97 Å². The predicted octanol–water partition coefficient (Wildman–Crippen LogP) is 1.63. The Bertz CT molecular complexity index is 249. The largest absolute Gasteiger partial charge is 0.481 e. The van der Waals surface area contributed by atoms with Gasteiger partial charge in [0, 0.05) is 19.1 Å². The van der Waals surface area contributed by atoms with Gasteiger partial charge in [-0.1, -0.05) is 0 Å². The number of nitrogens with one attached hydrogen (secondary N) is 1. The van der Waals surface area contributed by atoms with E-state index in [-0.39, 0.29) is 25.0 Å². The molecule has 0 fully saturated rings. The van der Waals surface area contributed by atoms with Gasteiger partial charge in [0.15, 0.2) is 0 Å². The molecule has 0 aliphatic heterocycles. The molecular weight excluding hydrogens is 240 g/mol. The Morgan fingerprint density at radius 3 is 2.59 bits per heavy atom. The zero-order valence-corrected chi connectivity index (χ0v) is 11.5. The van der Waals surface area contributed by atoms with E-state index in [2.05, 4.69) is 5.32 Å². The minimum Gasteiger partial charge on any atom is -0.481 e. The Morgan fingerprint density at radius 2 is 2.12 bits per heavy atom. The number of carbonyl (C=O) groups excluding carboxylic acids is 1. The summed E-state index contributed by atoms with van der Waals surface area (Å²) in [7, 11) is 0. The summed E-state index contributed by atoms with van der Waals surface area (Å²) in [6.45, 7) is 4.58. The minimum atomic E-state index is -0.883. The zero-order chi connectivity index (χ0) is 13.3. The van der Waals surface area contributed by atoms with Crippen LogP contribution in [0.5, 0.6) is 0 Å². The van der Waals surface area contributed by atoms with Crippen molar-refractivity contribution in [2.45, 2.75) is 32.7 Å². The number of urea groups is 1. The predicted molar refractivity (Wildman–Crippen MR) is 70.5 cm³/mol. The lowest BCUT2D eigenvalue weighted by molar-refractivity contribution is -0.137. The average Bonchev–Trinajstić information content (AvgIpc) is 2.26. The fourth-order valence-corrected chi connectivity index (χ4v) is 1.89. The number of nitrogens with zero attached hydrogens (tertiary/aromatic N) is 1. The molecule has 0 saturated heterocycles. The van der Waals surface area contributed by atoms with Crippen molar-refractivity contribution in [2.75, 3.05) is 25.1 Å². The van der Waals surface area contributed by atoms with E-state index in [0.29, 0.717) is 6.54 Å². The van der Waals surface area contributed by atoms with Gasteiger partial charge in [0.05, 0.1) is 6.42 Å². The molecular formula is C11H22N2O3S. The number of aliphatic carboxylic acids is 1. The van der Waals surface area contributed by atoms with Gasteiger partial charge in [0.25, 0.3) is 0 Å². The molecule has 0 rings (SSSR count). The van der Waals surface area contributed by atoms with Crippen molar-refractivity contribution >= 4 is 23.8 Å². The molecule has 0 heterocycles. The van der Waals surface area contributed by atoms with Crippen molar-refractivity contribution in [3.63, 3.8) is 0 Å². The minimum absolute atomic E-state index is 0.0134. The van der Waals surface area contributed by atoms with Crippen LogP contribution in [0.15, 0.2) is 0 Å². The number of rotatable bonds is 8. The monoisotopic (exact) mass is 262 g/mol. The summed E-state index contributed by atoms with van der Waals surface area (Å²) in [5, 5.41) is 11.4. The molecule has 0 spiro atoms. The maximum absolute atomic E-state index is 11.8. The van der Waals surface area contributed by atoms with Crippen LogP contribution < -0.4 is 5.32 Å². The van der Waals surface area contributed by atoms with Crippen LogP contribution in [0.2, 0.25) is 0 Å². The van der Waals surface area contributed by atoms with Gasteiger partial charge in [0.1, 0.15) is 0 Å². The first-order chi connectivity index (χ1) is 8.01. The first-order valence-electron chi connectivity index (χ1n) is 5.77. The maximum atomic E-state index is 11.8. The zero-order valence-electron chi connectivity index (χ0n) is 10.7. The van der Waals surface area contributed by atoms with Crippen LogP contribution in [0.3, 0.4) is 0 Å². The number of amides is 2. The fourth-order valence-electron chi connectivity index (χ4n) is 1.30. The van der Waals surface area contributed by atoms with E-state index in [1.807, 2.05) is 20.1 Å². The Labute approximate surface area is 107 Å². The third kappa shape index (κ3) is 7.90. The molecule has 17 heavy (non-hydrogen) atoms. The van der Waals surface area contributed by atoms with Crippen LogP contribution in [0, 0.1) is 0 Å². The topological polar surface area (TPSA) is 69.6 Å². The van der Waals surface area contributed by atoms with Gasteiger partial charge >= 0.3 is 12.0 Å². The number of thioether (sulfide) groups is 1. The van der Waals surface area contributed by atoms with Crippen LogP contribution in [-0.2, 0) is 4.79 Å². The van der Waals surface area contributed by atoms with Crippen molar-refractivity contribution in [3.05, 3.63) is 0 Å². The molecule has 2 N–H and O–H groups in total. The highest BCUT2D eigenvalue weighted by molar-refractivity contribution is 7.98. The van der Waals surface area contributed by atoms with Crippen LogP contribution in [0.1, 0.15) is 26.7 Å². The van der Waals surface area contributed by atoms with Crippen molar-refractivity contribution in [1.82, 2.24) is 10.2 Å². The van der Waals surface area contributed by atoms with Gasteiger partial charge < -0.3 is 15.3 Å².